The van der Waals surface area contributed by atoms with Gasteiger partial charge >= 0.3 is 0 Å². The number of hydrogen-bond acceptors (Lipinski definition) is 2. The number of furan rings is 1. The van der Waals surface area contributed by atoms with Crippen molar-refractivity contribution < 1.29 is 9.52 Å². The molecule has 21 heavy (non-hydrogen) atoms. The van der Waals surface area contributed by atoms with Crippen molar-refractivity contribution in [3.8, 4) is 0 Å². The van der Waals surface area contributed by atoms with Crippen LogP contribution in [0.15, 0.2) is 59.2 Å². The third-order valence-corrected chi connectivity index (χ3v) is 3.72. The molecule has 3 rings (SSSR count). The number of benzene rings is 2. The van der Waals surface area contributed by atoms with E-state index in [9.17, 15) is 5.11 Å². The molecule has 0 aliphatic carbocycles. The first kappa shape index (κ1) is 13.9. The summed E-state index contributed by atoms with van der Waals surface area (Å²) in [6.45, 7) is 4.40. The molecule has 0 spiro atoms. The second-order valence-electron chi connectivity index (χ2n) is 5.93. The predicted molar refractivity (Wildman–Crippen MR) is 85.3 cm³/mol. The smallest absolute Gasteiger partial charge is 0.134 e. The third-order valence-electron chi connectivity index (χ3n) is 3.72. The van der Waals surface area contributed by atoms with Crippen LogP contribution in [0.4, 0.5) is 0 Å². The summed E-state index contributed by atoms with van der Waals surface area (Å²) in [5.41, 5.74) is 3.81. The second-order valence-corrected chi connectivity index (χ2v) is 5.93. The van der Waals surface area contributed by atoms with Gasteiger partial charge in [0.25, 0.3) is 0 Å². The standard InChI is InChI=1S/C19H20O2/c1-13(2)10-14-6-5-7-15(11-14)19(20)17-12-21-18-9-4-3-8-16(17)18/h3-9,11-13,19-20H,10H2,1-2H3. The van der Waals surface area contributed by atoms with Gasteiger partial charge in [-0.1, -0.05) is 56.3 Å². The fraction of sp³-hybridized carbons (Fsp3) is 0.263. The third kappa shape index (κ3) is 2.86. The minimum atomic E-state index is -0.652. The molecule has 1 aromatic heterocycles. The van der Waals surface area contributed by atoms with E-state index in [-0.39, 0.29) is 0 Å². The lowest BCUT2D eigenvalue weighted by atomic mass is 9.96. The fourth-order valence-corrected chi connectivity index (χ4v) is 2.75. The molecule has 1 N–H and O–H groups in total. The van der Waals surface area contributed by atoms with E-state index in [0.29, 0.717) is 5.92 Å². The van der Waals surface area contributed by atoms with E-state index in [1.165, 1.54) is 5.56 Å². The van der Waals surface area contributed by atoms with E-state index in [1.807, 2.05) is 36.4 Å². The number of fused-ring (bicyclic) bond motifs is 1. The van der Waals surface area contributed by atoms with E-state index >= 15 is 0 Å². The van der Waals surface area contributed by atoms with Gasteiger partial charge in [-0.15, -0.1) is 0 Å². The molecular weight excluding hydrogens is 260 g/mol. The van der Waals surface area contributed by atoms with Crippen LogP contribution in [0.5, 0.6) is 0 Å². The maximum absolute atomic E-state index is 10.7. The first-order valence-electron chi connectivity index (χ1n) is 7.38. The molecule has 2 heteroatoms. The first-order valence-corrected chi connectivity index (χ1v) is 7.38. The van der Waals surface area contributed by atoms with E-state index in [4.69, 9.17) is 4.42 Å². The lowest BCUT2D eigenvalue weighted by Crippen LogP contribution is -2.01. The summed E-state index contributed by atoms with van der Waals surface area (Å²) < 4.78 is 5.53. The van der Waals surface area contributed by atoms with E-state index in [2.05, 4.69) is 26.0 Å². The average Bonchev–Trinajstić information content (AvgIpc) is 2.90. The molecule has 0 amide bonds. The molecule has 0 bridgehead atoms. The highest BCUT2D eigenvalue weighted by Gasteiger charge is 2.16. The topological polar surface area (TPSA) is 33.4 Å². The summed E-state index contributed by atoms with van der Waals surface area (Å²) in [4.78, 5) is 0. The number of aliphatic hydroxyl groups excluding tert-OH is 1. The normalized spacial score (nSPS) is 13.0. The van der Waals surface area contributed by atoms with Crippen molar-refractivity contribution in [3.05, 3.63) is 71.5 Å². The molecule has 0 fully saturated rings. The Morgan fingerprint density at radius 2 is 1.86 bits per heavy atom. The lowest BCUT2D eigenvalue weighted by Gasteiger charge is -2.12. The van der Waals surface area contributed by atoms with Crippen LogP contribution in [-0.2, 0) is 6.42 Å². The summed E-state index contributed by atoms with van der Waals surface area (Å²) in [5, 5.41) is 11.6. The zero-order chi connectivity index (χ0) is 14.8. The monoisotopic (exact) mass is 280 g/mol. The van der Waals surface area contributed by atoms with Gasteiger partial charge in [0.1, 0.15) is 11.7 Å². The van der Waals surface area contributed by atoms with Gasteiger partial charge in [-0.25, -0.2) is 0 Å². The maximum atomic E-state index is 10.7. The number of hydrogen-bond donors (Lipinski definition) is 1. The van der Waals surface area contributed by atoms with E-state index < -0.39 is 6.10 Å². The van der Waals surface area contributed by atoms with Crippen molar-refractivity contribution in [2.75, 3.05) is 0 Å². The molecule has 1 unspecified atom stereocenters. The summed E-state index contributed by atoms with van der Waals surface area (Å²) >= 11 is 0. The van der Waals surface area contributed by atoms with E-state index in [0.717, 1.165) is 28.5 Å². The first-order chi connectivity index (χ1) is 10.1. The number of para-hydroxylation sites is 1. The molecule has 108 valence electrons. The number of rotatable bonds is 4. The van der Waals surface area contributed by atoms with Crippen LogP contribution in [0.25, 0.3) is 11.0 Å². The van der Waals surface area contributed by atoms with Crippen molar-refractivity contribution in [1.82, 2.24) is 0 Å². The summed E-state index contributed by atoms with van der Waals surface area (Å²) in [5.74, 6) is 0.604. The van der Waals surface area contributed by atoms with Crippen LogP contribution in [0.3, 0.4) is 0 Å². The highest BCUT2D eigenvalue weighted by Crippen LogP contribution is 2.30. The van der Waals surface area contributed by atoms with Crippen molar-refractivity contribution in [2.24, 2.45) is 5.92 Å². The Labute approximate surface area is 125 Å². The van der Waals surface area contributed by atoms with Crippen LogP contribution < -0.4 is 0 Å². The van der Waals surface area contributed by atoms with Gasteiger partial charge in [0.2, 0.25) is 0 Å². The molecule has 0 radical (unpaired) electrons. The lowest BCUT2D eigenvalue weighted by molar-refractivity contribution is 0.220. The Bertz CT molecular complexity index is 740. The molecule has 2 aromatic carbocycles. The highest BCUT2D eigenvalue weighted by molar-refractivity contribution is 5.81. The van der Waals surface area contributed by atoms with Crippen molar-refractivity contribution in [1.29, 1.82) is 0 Å². The van der Waals surface area contributed by atoms with Gasteiger partial charge in [-0.05, 0) is 29.5 Å². The van der Waals surface area contributed by atoms with Crippen LogP contribution >= 0.6 is 0 Å². The van der Waals surface area contributed by atoms with Crippen LogP contribution in [0.2, 0.25) is 0 Å². The van der Waals surface area contributed by atoms with Crippen LogP contribution in [-0.4, -0.2) is 5.11 Å². The minimum absolute atomic E-state index is 0.604. The zero-order valence-corrected chi connectivity index (χ0v) is 12.4. The van der Waals surface area contributed by atoms with Gasteiger partial charge in [-0.2, -0.15) is 0 Å². The maximum Gasteiger partial charge on any atom is 0.134 e. The zero-order valence-electron chi connectivity index (χ0n) is 12.4. The summed E-state index contributed by atoms with van der Waals surface area (Å²) in [6.07, 6.45) is 2.03. The van der Waals surface area contributed by atoms with E-state index in [1.54, 1.807) is 6.26 Å². The summed E-state index contributed by atoms with van der Waals surface area (Å²) in [6, 6.07) is 16.0. The number of aliphatic hydroxyl groups is 1. The predicted octanol–water partition coefficient (Wildman–Crippen LogP) is 4.71. The Kier molecular flexibility index (Phi) is 3.80. The van der Waals surface area contributed by atoms with Gasteiger partial charge in [0, 0.05) is 10.9 Å². The SMILES string of the molecule is CC(C)Cc1cccc(C(O)c2coc3ccccc23)c1. The summed E-state index contributed by atoms with van der Waals surface area (Å²) in [7, 11) is 0. The molecule has 0 saturated heterocycles. The van der Waals surface area contributed by atoms with Crippen molar-refractivity contribution in [3.63, 3.8) is 0 Å². The molecule has 0 aliphatic heterocycles. The quantitative estimate of drug-likeness (QED) is 0.750. The van der Waals surface area contributed by atoms with Gasteiger partial charge in [0.15, 0.2) is 0 Å². The average molecular weight is 280 g/mol. The molecule has 2 nitrogen and oxygen atoms in total. The van der Waals surface area contributed by atoms with Crippen LogP contribution in [0.1, 0.15) is 36.6 Å². The van der Waals surface area contributed by atoms with Crippen LogP contribution in [0, 0.1) is 5.92 Å². The molecule has 0 aliphatic rings. The highest BCUT2D eigenvalue weighted by atomic mass is 16.3. The second kappa shape index (κ2) is 5.74. The molecule has 3 aromatic rings. The molecule has 1 heterocycles. The Morgan fingerprint density at radius 1 is 1.05 bits per heavy atom. The molecule has 0 saturated carbocycles. The van der Waals surface area contributed by atoms with Crippen molar-refractivity contribution >= 4 is 11.0 Å². The molecular formula is C19H20O2. The van der Waals surface area contributed by atoms with Gasteiger partial charge < -0.3 is 9.52 Å². The largest absolute Gasteiger partial charge is 0.464 e. The van der Waals surface area contributed by atoms with Gasteiger partial charge in [0.05, 0.1) is 6.26 Å². The Morgan fingerprint density at radius 3 is 2.67 bits per heavy atom. The fourth-order valence-electron chi connectivity index (χ4n) is 2.75. The van der Waals surface area contributed by atoms with Gasteiger partial charge in [-0.3, -0.25) is 0 Å². The Balaban J connectivity index is 1.96. The minimum Gasteiger partial charge on any atom is -0.464 e. The van der Waals surface area contributed by atoms with Crippen molar-refractivity contribution in [2.45, 2.75) is 26.4 Å². The molecule has 1 atom stereocenters. The Hall–Kier alpha value is -2.06.